The van der Waals surface area contributed by atoms with E-state index in [4.69, 9.17) is 16.3 Å². The lowest BCUT2D eigenvalue weighted by Gasteiger charge is -2.09. The monoisotopic (exact) mass is 281 g/mol. The van der Waals surface area contributed by atoms with Gasteiger partial charge in [-0.05, 0) is 37.0 Å². The minimum absolute atomic E-state index is 0.00766. The van der Waals surface area contributed by atoms with E-state index in [1.807, 2.05) is 0 Å². The fraction of sp³-hybridized carbons (Fsp3) is 0.333. The summed E-state index contributed by atoms with van der Waals surface area (Å²) in [4.78, 5) is 16.1. The molecule has 0 saturated carbocycles. The van der Waals surface area contributed by atoms with Crippen molar-refractivity contribution in [3.8, 4) is 0 Å². The van der Waals surface area contributed by atoms with E-state index in [-0.39, 0.29) is 12.4 Å². The van der Waals surface area contributed by atoms with Crippen LogP contribution in [-0.4, -0.2) is 22.7 Å². The molecule has 0 fully saturated rings. The van der Waals surface area contributed by atoms with Crippen molar-refractivity contribution in [1.82, 2.24) is 10.1 Å². The van der Waals surface area contributed by atoms with E-state index in [2.05, 4.69) is 10.1 Å². The van der Waals surface area contributed by atoms with Gasteiger partial charge >= 0.3 is 11.8 Å². The van der Waals surface area contributed by atoms with Gasteiger partial charge in [0.1, 0.15) is 0 Å². The number of carbonyl (C=O) groups is 1. The maximum Gasteiger partial charge on any atom is 0.337 e. The van der Waals surface area contributed by atoms with Gasteiger partial charge in [-0.25, -0.2) is 0 Å². The molecule has 0 aliphatic heterocycles. The first-order chi connectivity index (χ1) is 9.02. The Bertz CT molecular complexity index is 633. The van der Waals surface area contributed by atoms with Gasteiger partial charge in [-0.2, -0.15) is 0 Å². The molecule has 0 amide bonds. The largest absolute Gasteiger partial charge is 0.691 e. The number of hydrogen-bond acceptors (Lipinski definition) is 5. The average Bonchev–Trinajstić information content (AvgIpc) is 2.37. The van der Waals surface area contributed by atoms with Crippen molar-refractivity contribution in [1.29, 1.82) is 0 Å². The van der Waals surface area contributed by atoms with Crippen LogP contribution in [0.25, 0.3) is 11.0 Å². The molecule has 0 saturated heterocycles. The summed E-state index contributed by atoms with van der Waals surface area (Å²) in [5, 5.41) is 16.1. The normalized spacial score (nSPS) is 12.4. The van der Waals surface area contributed by atoms with E-state index in [0.29, 0.717) is 20.9 Å². The number of fused-ring (bicyclic) bond motifs is 1. The van der Waals surface area contributed by atoms with Gasteiger partial charge in [0.15, 0.2) is 11.4 Å². The molecule has 0 radical (unpaired) electrons. The number of carbonyl (C=O) groups excluding carboxylic acids is 1. The second kappa shape index (κ2) is 5.36. The van der Waals surface area contributed by atoms with E-state index in [1.54, 1.807) is 26.0 Å². The van der Waals surface area contributed by atoms with Crippen LogP contribution in [0.2, 0.25) is 5.02 Å². The number of aromatic nitrogens is 3. The Hall–Kier alpha value is -1.95. The van der Waals surface area contributed by atoms with Crippen molar-refractivity contribution in [2.24, 2.45) is 0 Å². The molecule has 1 aromatic carbocycles. The van der Waals surface area contributed by atoms with Gasteiger partial charge in [-0.1, -0.05) is 16.7 Å². The lowest BCUT2D eigenvalue weighted by atomic mass is 10.1. The predicted molar refractivity (Wildman–Crippen MR) is 68.6 cm³/mol. The third kappa shape index (κ3) is 2.73. The molecule has 2 aromatic rings. The first-order valence-electron chi connectivity index (χ1n) is 5.76. The highest BCUT2D eigenvalue weighted by Crippen LogP contribution is 2.17. The van der Waals surface area contributed by atoms with Gasteiger partial charge in [0.05, 0.1) is 6.61 Å². The molecule has 0 bridgehead atoms. The van der Waals surface area contributed by atoms with Gasteiger partial charge in [0.2, 0.25) is 5.52 Å². The minimum atomic E-state index is -0.773. The fourth-order valence-electron chi connectivity index (χ4n) is 1.62. The number of nitrogens with zero attached hydrogens (tertiary/aromatic N) is 3. The van der Waals surface area contributed by atoms with E-state index in [0.717, 1.165) is 0 Å². The Kier molecular flexibility index (Phi) is 3.80. The van der Waals surface area contributed by atoms with Crippen molar-refractivity contribution in [2.75, 3.05) is 6.61 Å². The van der Waals surface area contributed by atoms with Gasteiger partial charge in [-0.3, -0.25) is 4.79 Å². The van der Waals surface area contributed by atoms with Gasteiger partial charge in [0, 0.05) is 5.02 Å². The quantitative estimate of drug-likeness (QED) is 0.485. The summed E-state index contributed by atoms with van der Waals surface area (Å²) in [6, 6.07) is 4.83. The number of ether oxygens (including phenoxy) is 1. The fourth-order valence-corrected chi connectivity index (χ4v) is 1.79. The number of halogens is 1. The molecule has 1 unspecified atom stereocenters. The summed E-state index contributed by atoms with van der Waals surface area (Å²) in [6.45, 7) is 3.50. The van der Waals surface area contributed by atoms with Gasteiger partial charge in [0.25, 0.3) is 0 Å². The summed E-state index contributed by atoms with van der Waals surface area (Å²) in [7, 11) is 0. The Morgan fingerprint density at radius 3 is 2.95 bits per heavy atom. The van der Waals surface area contributed by atoms with Crippen LogP contribution < -0.4 is 4.85 Å². The highest BCUT2D eigenvalue weighted by Gasteiger charge is 2.28. The molecule has 0 N–H and O–H groups in total. The maximum atomic E-state index is 11.8. The number of esters is 1. The topological polar surface area (TPSA) is 79.0 Å². The summed E-state index contributed by atoms with van der Waals surface area (Å²) < 4.78 is 4.86. The molecule has 0 aliphatic rings. The Labute approximate surface area is 114 Å². The number of benzene rings is 1. The Morgan fingerprint density at radius 1 is 1.53 bits per heavy atom. The smallest absolute Gasteiger partial charge is 0.337 e. The zero-order valence-corrected chi connectivity index (χ0v) is 11.2. The van der Waals surface area contributed by atoms with E-state index < -0.39 is 11.9 Å². The number of rotatable bonds is 3. The number of hydrogen-bond donors (Lipinski definition) is 0. The standard InChI is InChI=1S/C12H12ClN3O3/c1-3-19-12(17)7(2)11-14-9-5-4-8(13)6-10(9)15-16(11)18/h4-7H,3H2,1-2H3. The molecule has 19 heavy (non-hydrogen) atoms. The molecule has 6 nitrogen and oxygen atoms in total. The van der Waals surface area contributed by atoms with E-state index >= 15 is 0 Å². The van der Waals surface area contributed by atoms with E-state index in [1.165, 1.54) is 6.07 Å². The predicted octanol–water partition coefficient (Wildman–Crippen LogP) is 1.58. The van der Waals surface area contributed by atoms with Crippen LogP contribution in [0, 0.1) is 5.21 Å². The van der Waals surface area contributed by atoms with Crippen LogP contribution in [0.15, 0.2) is 18.2 Å². The highest BCUT2D eigenvalue weighted by atomic mass is 35.5. The molecule has 0 aliphatic carbocycles. The lowest BCUT2D eigenvalue weighted by molar-refractivity contribution is -0.678. The van der Waals surface area contributed by atoms with Crippen molar-refractivity contribution < 1.29 is 14.4 Å². The third-order valence-corrected chi connectivity index (χ3v) is 2.83. The van der Waals surface area contributed by atoms with Crippen LogP contribution in [-0.2, 0) is 9.53 Å². The molecule has 7 heteroatoms. The molecule has 1 heterocycles. The van der Waals surface area contributed by atoms with E-state index in [9.17, 15) is 10.0 Å². The average molecular weight is 282 g/mol. The highest BCUT2D eigenvalue weighted by molar-refractivity contribution is 6.31. The van der Waals surface area contributed by atoms with Crippen LogP contribution >= 0.6 is 11.6 Å². The van der Waals surface area contributed by atoms with Crippen LogP contribution in [0.3, 0.4) is 0 Å². The molecule has 2 rings (SSSR count). The summed E-state index contributed by atoms with van der Waals surface area (Å²) in [5.74, 6) is -1.27. The van der Waals surface area contributed by atoms with Crippen molar-refractivity contribution in [3.05, 3.63) is 34.3 Å². The Morgan fingerprint density at radius 2 is 2.26 bits per heavy atom. The van der Waals surface area contributed by atoms with Gasteiger partial charge in [-0.15, -0.1) is 4.85 Å². The third-order valence-electron chi connectivity index (χ3n) is 2.59. The summed E-state index contributed by atoms with van der Waals surface area (Å²) >= 11 is 5.81. The second-order valence-electron chi connectivity index (χ2n) is 3.95. The molecule has 1 atom stereocenters. The maximum absolute atomic E-state index is 11.8. The Balaban J connectivity index is 2.46. The van der Waals surface area contributed by atoms with Crippen LogP contribution in [0.4, 0.5) is 0 Å². The zero-order valence-electron chi connectivity index (χ0n) is 10.5. The SMILES string of the molecule is CCOC(=O)C(C)c1nc2ccc(Cl)cc2n[n+]1[O-]. The second-order valence-corrected chi connectivity index (χ2v) is 4.39. The molecule has 0 spiro atoms. The zero-order chi connectivity index (χ0) is 14.0. The van der Waals surface area contributed by atoms with Crippen molar-refractivity contribution in [3.63, 3.8) is 0 Å². The minimum Gasteiger partial charge on any atom is -0.691 e. The molecule has 1 aromatic heterocycles. The first-order valence-corrected chi connectivity index (χ1v) is 6.14. The van der Waals surface area contributed by atoms with Crippen molar-refractivity contribution in [2.45, 2.75) is 19.8 Å². The van der Waals surface area contributed by atoms with Gasteiger partial charge < -0.3 is 9.94 Å². The van der Waals surface area contributed by atoms with Crippen LogP contribution in [0.1, 0.15) is 25.6 Å². The molecular formula is C12H12ClN3O3. The summed E-state index contributed by atoms with van der Waals surface area (Å²) in [5.41, 5.74) is 0.880. The van der Waals surface area contributed by atoms with Crippen molar-refractivity contribution >= 4 is 28.6 Å². The summed E-state index contributed by atoms with van der Waals surface area (Å²) in [6.07, 6.45) is 0. The first kappa shape index (κ1) is 13.5. The molecule has 100 valence electrons. The lowest BCUT2D eigenvalue weighted by Crippen LogP contribution is -2.40. The molecular weight excluding hydrogens is 270 g/mol. The van der Waals surface area contributed by atoms with Crippen LogP contribution in [0.5, 0.6) is 0 Å².